The van der Waals surface area contributed by atoms with E-state index in [2.05, 4.69) is 37.3 Å². The van der Waals surface area contributed by atoms with Gasteiger partial charge in [-0.05, 0) is 44.9 Å². The molecule has 154 valence electrons. The van der Waals surface area contributed by atoms with Crippen LogP contribution in [-0.4, -0.2) is 32.8 Å². The number of rotatable bonds is 15. The molecule has 27 heavy (non-hydrogen) atoms. The number of ether oxygens (including phenoxy) is 1. The van der Waals surface area contributed by atoms with E-state index in [4.69, 9.17) is 4.74 Å². The molecule has 0 spiro atoms. The summed E-state index contributed by atoms with van der Waals surface area (Å²) < 4.78 is 29.4. The van der Waals surface area contributed by atoms with Crippen molar-refractivity contribution in [3.05, 3.63) is 36.5 Å². The van der Waals surface area contributed by atoms with E-state index in [0.717, 1.165) is 31.9 Å². The van der Waals surface area contributed by atoms with Crippen LogP contribution in [0.2, 0.25) is 0 Å². The number of epoxide rings is 1. The van der Waals surface area contributed by atoms with Crippen molar-refractivity contribution in [2.24, 2.45) is 0 Å². The van der Waals surface area contributed by atoms with Crippen molar-refractivity contribution in [2.45, 2.75) is 83.3 Å². The zero-order valence-corrected chi connectivity index (χ0v) is 17.5. The Morgan fingerprint density at radius 3 is 2.19 bits per heavy atom. The lowest BCUT2D eigenvalue weighted by atomic mass is 10.1. The molecule has 0 bridgehead atoms. The molecule has 5 nitrogen and oxygen atoms in total. The van der Waals surface area contributed by atoms with E-state index in [1.165, 1.54) is 25.7 Å². The molecule has 6 heteroatoms. The zero-order valence-electron chi connectivity index (χ0n) is 16.7. The summed E-state index contributed by atoms with van der Waals surface area (Å²) in [6, 6.07) is 0. The van der Waals surface area contributed by atoms with Crippen molar-refractivity contribution in [1.82, 2.24) is 4.72 Å². The van der Waals surface area contributed by atoms with Gasteiger partial charge in [0.15, 0.2) is 0 Å². The summed E-state index contributed by atoms with van der Waals surface area (Å²) in [7, 11) is -3.44. The van der Waals surface area contributed by atoms with Crippen LogP contribution in [0, 0.1) is 0 Å². The smallest absolute Gasteiger partial charge is 0.233 e. The van der Waals surface area contributed by atoms with Gasteiger partial charge in [0.2, 0.25) is 15.9 Å². The molecule has 0 radical (unpaired) electrons. The SMILES string of the molecule is CCCCC/C=C/CC1OC1C/C=C/C/C=C/CCCC(=O)NS(C)(=O)=O. The number of hydrogen-bond donors (Lipinski definition) is 1. The Morgan fingerprint density at radius 2 is 1.52 bits per heavy atom. The maximum Gasteiger partial charge on any atom is 0.233 e. The van der Waals surface area contributed by atoms with Crippen molar-refractivity contribution < 1.29 is 17.9 Å². The topological polar surface area (TPSA) is 75.8 Å². The number of sulfonamides is 1. The summed E-state index contributed by atoms with van der Waals surface area (Å²) in [6.45, 7) is 2.22. The summed E-state index contributed by atoms with van der Waals surface area (Å²) in [5, 5.41) is 0. The van der Waals surface area contributed by atoms with Crippen LogP contribution in [0.5, 0.6) is 0 Å². The Labute approximate surface area is 165 Å². The Balaban J connectivity index is 1.96. The van der Waals surface area contributed by atoms with Crippen molar-refractivity contribution >= 4 is 15.9 Å². The first-order valence-corrected chi connectivity index (χ1v) is 11.9. The average Bonchev–Trinajstić information content (AvgIpc) is 3.33. The second kappa shape index (κ2) is 13.7. The molecule has 1 amide bonds. The number of nitrogens with one attached hydrogen (secondary N) is 1. The van der Waals surface area contributed by atoms with Gasteiger partial charge in [-0.1, -0.05) is 56.2 Å². The number of unbranched alkanes of at least 4 members (excludes halogenated alkanes) is 4. The molecule has 1 N–H and O–H groups in total. The lowest BCUT2D eigenvalue weighted by molar-refractivity contribution is -0.119. The van der Waals surface area contributed by atoms with E-state index in [0.29, 0.717) is 18.6 Å². The zero-order chi connectivity index (χ0) is 20.0. The summed E-state index contributed by atoms with van der Waals surface area (Å²) in [4.78, 5) is 11.3. The summed E-state index contributed by atoms with van der Waals surface area (Å²) in [5.41, 5.74) is 0. The Morgan fingerprint density at radius 1 is 0.926 bits per heavy atom. The van der Waals surface area contributed by atoms with Gasteiger partial charge in [-0.25, -0.2) is 8.42 Å². The third-order valence-corrected chi connectivity index (χ3v) is 4.84. The number of carbonyl (C=O) groups is 1. The molecular formula is C21H35NO4S. The Hall–Kier alpha value is -1.40. The van der Waals surface area contributed by atoms with Crippen molar-refractivity contribution in [1.29, 1.82) is 0 Å². The summed E-state index contributed by atoms with van der Waals surface area (Å²) in [6.07, 6.45) is 24.2. The van der Waals surface area contributed by atoms with Crippen LogP contribution < -0.4 is 4.72 Å². The second-order valence-electron chi connectivity index (χ2n) is 7.02. The van der Waals surface area contributed by atoms with Crippen molar-refractivity contribution in [2.75, 3.05) is 6.26 Å². The molecule has 2 unspecified atom stereocenters. The van der Waals surface area contributed by atoms with Crippen LogP contribution in [0.3, 0.4) is 0 Å². The van der Waals surface area contributed by atoms with E-state index in [9.17, 15) is 13.2 Å². The highest BCUT2D eigenvalue weighted by molar-refractivity contribution is 7.89. The fraction of sp³-hybridized carbons (Fsp3) is 0.667. The molecule has 1 aliphatic rings. The minimum atomic E-state index is -3.44. The van der Waals surface area contributed by atoms with E-state index >= 15 is 0 Å². The lowest BCUT2D eigenvalue weighted by Crippen LogP contribution is -2.28. The van der Waals surface area contributed by atoms with Crippen LogP contribution in [-0.2, 0) is 19.6 Å². The summed E-state index contributed by atoms with van der Waals surface area (Å²) in [5.74, 6) is -0.444. The van der Waals surface area contributed by atoms with Gasteiger partial charge in [-0.15, -0.1) is 0 Å². The number of hydrogen-bond acceptors (Lipinski definition) is 4. The minimum absolute atomic E-state index is 0.223. The highest BCUT2D eigenvalue weighted by Crippen LogP contribution is 2.29. The summed E-state index contributed by atoms with van der Waals surface area (Å²) >= 11 is 0. The predicted octanol–water partition coefficient (Wildman–Crippen LogP) is 4.42. The van der Waals surface area contributed by atoms with E-state index < -0.39 is 15.9 Å². The number of allylic oxidation sites excluding steroid dienone is 4. The van der Waals surface area contributed by atoms with E-state index in [1.54, 1.807) is 0 Å². The van der Waals surface area contributed by atoms with Crippen molar-refractivity contribution in [3.8, 4) is 0 Å². The van der Waals surface area contributed by atoms with Gasteiger partial charge in [-0.2, -0.15) is 0 Å². The standard InChI is InChI=1S/C21H35NO4S/c1-3-4-5-6-10-13-16-19-20(26-19)17-14-11-8-7-9-12-15-18-21(23)22-27(2,24)25/h7,9-11,13-14,19-20H,3-6,8,12,15-18H2,1-2H3,(H,22,23)/b9-7+,13-10+,14-11+. The molecule has 1 rings (SSSR count). The normalized spacial score (nSPS) is 20.1. The second-order valence-corrected chi connectivity index (χ2v) is 8.77. The molecule has 1 aliphatic heterocycles. The molecule has 0 aromatic heterocycles. The number of amides is 1. The van der Waals surface area contributed by atoms with E-state index in [-0.39, 0.29) is 6.42 Å². The quantitative estimate of drug-likeness (QED) is 0.252. The maximum absolute atomic E-state index is 11.3. The molecular weight excluding hydrogens is 362 g/mol. The van der Waals surface area contributed by atoms with Gasteiger partial charge >= 0.3 is 0 Å². The third-order valence-electron chi connectivity index (χ3n) is 4.24. The molecule has 0 aromatic carbocycles. The Bertz CT molecular complexity index is 608. The predicted molar refractivity (Wildman–Crippen MR) is 111 cm³/mol. The fourth-order valence-electron chi connectivity index (χ4n) is 2.71. The number of carbonyl (C=O) groups excluding carboxylic acids is 1. The van der Waals surface area contributed by atoms with Crippen LogP contribution in [0.4, 0.5) is 0 Å². The van der Waals surface area contributed by atoms with Gasteiger partial charge in [-0.3, -0.25) is 9.52 Å². The van der Waals surface area contributed by atoms with Gasteiger partial charge in [0.05, 0.1) is 18.5 Å². The first kappa shape index (κ1) is 23.6. The average molecular weight is 398 g/mol. The third kappa shape index (κ3) is 14.3. The maximum atomic E-state index is 11.3. The van der Waals surface area contributed by atoms with E-state index in [1.807, 2.05) is 10.8 Å². The fourth-order valence-corrected chi connectivity index (χ4v) is 3.23. The first-order chi connectivity index (χ1) is 12.9. The van der Waals surface area contributed by atoms with Crippen molar-refractivity contribution in [3.63, 3.8) is 0 Å². The van der Waals surface area contributed by atoms with Gasteiger partial charge in [0.1, 0.15) is 0 Å². The van der Waals surface area contributed by atoms with Crippen LogP contribution in [0.25, 0.3) is 0 Å². The Kier molecular flexibility index (Phi) is 12.0. The molecule has 1 fully saturated rings. The van der Waals surface area contributed by atoms with Gasteiger partial charge < -0.3 is 4.74 Å². The molecule has 1 heterocycles. The first-order valence-electron chi connectivity index (χ1n) is 10.0. The van der Waals surface area contributed by atoms with Crippen LogP contribution >= 0.6 is 0 Å². The lowest BCUT2D eigenvalue weighted by Gasteiger charge is -2.00. The van der Waals surface area contributed by atoms with Gasteiger partial charge in [0.25, 0.3) is 0 Å². The molecule has 0 saturated carbocycles. The molecule has 2 atom stereocenters. The molecule has 1 saturated heterocycles. The molecule has 0 aromatic rings. The van der Waals surface area contributed by atoms with Crippen LogP contribution in [0.1, 0.15) is 71.1 Å². The molecule has 0 aliphatic carbocycles. The monoisotopic (exact) mass is 397 g/mol. The van der Waals surface area contributed by atoms with Gasteiger partial charge in [0, 0.05) is 6.42 Å². The van der Waals surface area contributed by atoms with Crippen LogP contribution in [0.15, 0.2) is 36.5 Å². The highest BCUT2D eigenvalue weighted by atomic mass is 32.2. The minimum Gasteiger partial charge on any atom is -0.369 e. The largest absolute Gasteiger partial charge is 0.369 e. The highest BCUT2D eigenvalue weighted by Gasteiger charge is 2.35.